The minimum absolute atomic E-state index is 0.502. The molecule has 0 aliphatic carbocycles. The fourth-order valence-corrected chi connectivity index (χ4v) is 2.18. The lowest BCUT2D eigenvalue weighted by atomic mass is 9.99. The average Bonchev–Trinajstić information content (AvgIpc) is 2.37. The molecule has 0 unspecified atom stereocenters. The number of pyridine rings is 1. The highest BCUT2D eigenvalue weighted by Crippen LogP contribution is 2.26. The maximum atomic E-state index is 4.69. The molecule has 0 atom stereocenters. The maximum Gasteiger partial charge on any atom is 0.126 e. The summed E-state index contributed by atoms with van der Waals surface area (Å²) in [6.45, 7) is 6.37. The minimum atomic E-state index is 0.502. The Balaban J connectivity index is 2.30. The van der Waals surface area contributed by atoms with Gasteiger partial charge in [-0.3, -0.25) is 0 Å². The van der Waals surface area contributed by atoms with E-state index >= 15 is 0 Å². The molecule has 2 rings (SSSR count). The predicted octanol–water partition coefficient (Wildman–Crippen LogP) is 3.33. The van der Waals surface area contributed by atoms with Crippen LogP contribution >= 0.6 is 0 Å². The second kappa shape index (κ2) is 6.02. The summed E-state index contributed by atoms with van der Waals surface area (Å²) in [6, 6.07) is 10.5. The number of benzene rings is 1. The summed E-state index contributed by atoms with van der Waals surface area (Å²) in [7, 11) is 4.16. The number of fused-ring (bicyclic) bond motifs is 1. The van der Waals surface area contributed by atoms with Crippen LogP contribution in [-0.2, 0) is 0 Å². The van der Waals surface area contributed by atoms with E-state index in [0.29, 0.717) is 5.92 Å². The van der Waals surface area contributed by atoms with Gasteiger partial charge in [0.15, 0.2) is 0 Å². The van der Waals surface area contributed by atoms with Crippen molar-refractivity contribution in [2.24, 2.45) is 0 Å². The molecular weight excluding hydrogens is 234 g/mol. The molecule has 1 aromatic carbocycles. The van der Waals surface area contributed by atoms with Gasteiger partial charge in [0.25, 0.3) is 0 Å². The molecule has 0 aliphatic rings. The summed E-state index contributed by atoms with van der Waals surface area (Å²) in [6.07, 6.45) is 0. The lowest BCUT2D eigenvalue weighted by molar-refractivity contribution is 0.425. The SMILES string of the molecule is CC(C)c1cc(NCCN(C)C)nc2ccccc12. The van der Waals surface area contributed by atoms with Crippen LogP contribution in [0.15, 0.2) is 30.3 Å². The molecule has 0 amide bonds. The predicted molar refractivity (Wildman–Crippen MR) is 82.9 cm³/mol. The number of para-hydroxylation sites is 1. The van der Waals surface area contributed by atoms with E-state index in [2.05, 4.69) is 67.4 Å². The zero-order valence-corrected chi connectivity index (χ0v) is 12.3. The van der Waals surface area contributed by atoms with Crippen LogP contribution in [0, 0.1) is 0 Å². The molecule has 0 spiro atoms. The average molecular weight is 257 g/mol. The molecule has 102 valence electrons. The molecule has 2 aromatic rings. The molecule has 3 heteroatoms. The number of anilines is 1. The Morgan fingerprint density at radius 3 is 2.63 bits per heavy atom. The summed E-state index contributed by atoms with van der Waals surface area (Å²) in [5, 5.41) is 4.67. The zero-order chi connectivity index (χ0) is 13.8. The molecule has 0 saturated carbocycles. The Hall–Kier alpha value is -1.61. The van der Waals surface area contributed by atoms with E-state index < -0.39 is 0 Å². The molecule has 1 N–H and O–H groups in total. The van der Waals surface area contributed by atoms with Gasteiger partial charge in [0.2, 0.25) is 0 Å². The van der Waals surface area contributed by atoms with Gasteiger partial charge < -0.3 is 10.2 Å². The van der Waals surface area contributed by atoms with Gasteiger partial charge in [-0.15, -0.1) is 0 Å². The lowest BCUT2D eigenvalue weighted by Gasteiger charge is -2.15. The van der Waals surface area contributed by atoms with Gasteiger partial charge in [-0.1, -0.05) is 32.0 Å². The van der Waals surface area contributed by atoms with Crippen LogP contribution in [0.2, 0.25) is 0 Å². The Morgan fingerprint density at radius 2 is 1.95 bits per heavy atom. The molecule has 1 aromatic heterocycles. The highest BCUT2D eigenvalue weighted by Gasteiger charge is 2.08. The van der Waals surface area contributed by atoms with Crippen LogP contribution in [0.1, 0.15) is 25.3 Å². The van der Waals surface area contributed by atoms with Crippen LogP contribution in [0.5, 0.6) is 0 Å². The molecule has 0 bridgehead atoms. The molecule has 0 fully saturated rings. The van der Waals surface area contributed by atoms with Gasteiger partial charge in [-0.25, -0.2) is 4.98 Å². The molecule has 0 saturated heterocycles. The first kappa shape index (κ1) is 13.8. The second-order valence-electron chi connectivity index (χ2n) is 5.50. The van der Waals surface area contributed by atoms with Crippen molar-refractivity contribution in [2.45, 2.75) is 19.8 Å². The first-order valence-electron chi connectivity index (χ1n) is 6.86. The van der Waals surface area contributed by atoms with E-state index in [-0.39, 0.29) is 0 Å². The molecule has 1 heterocycles. The van der Waals surface area contributed by atoms with Gasteiger partial charge in [0.05, 0.1) is 5.52 Å². The Bertz CT molecular complexity index is 547. The first-order valence-corrected chi connectivity index (χ1v) is 6.86. The van der Waals surface area contributed by atoms with Gasteiger partial charge in [-0.2, -0.15) is 0 Å². The van der Waals surface area contributed by atoms with Gasteiger partial charge in [0.1, 0.15) is 5.82 Å². The van der Waals surface area contributed by atoms with E-state index in [0.717, 1.165) is 24.4 Å². The summed E-state index contributed by atoms with van der Waals surface area (Å²) in [5.41, 5.74) is 2.43. The van der Waals surface area contributed by atoms with Crippen molar-refractivity contribution in [3.05, 3.63) is 35.9 Å². The van der Waals surface area contributed by atoms with E-state index in [9.17, 15) is 0 Å². The van der Waals surface area contributed by atoms with E-state index in [4.69, 9.17) is 0 Å². The van der Waals surface area contributed by atoms with Crippen molar-refractivity contribution in [3.63, 3.8) is 0 Å². The van der Waals surface area contributed by atoms with Crippen LogP contribution in [0.3, 0.4) is 0 Å². The lowest BCUT2D eigenvalue weighted by Crippen LogP contribution is -2.21. The van der Waals surface area contributed by atoms with Crippen LogP contribution in [-0.4, -0.2) is 37.1 Å². The highest BCUT2D eigenvalue weighted by molar-refractivity contribution is 5.84. The second-order valence-corrected chi connectivity index (χ2v) is 5.50. The minimum Gasteiger partial charge on any atom is -0.369 e. The van der Waals surface area contributed by atoms with Crippen LogP contribution < -0.4 is 5.32 Å². The fraction of sp³-hybridized carbons (Fsp3) is 0.438. The third kappa shape index (κ3) is 3.44. The number of aromatic nitrogens is 1. The van der Waals surface area contributed by atoms with Crippen molar-refractivity contribution in [1.82, 2.24) is 9.88 Å². The third-order valence-electron chi connectivity index (χ3n) is 3.24. The topological polar surface area (TPSA) is 28.2 Å². The summed E-state index contributed by atoms with van der Waals surface area (Å²) >= 11 is 0. The summed E-state index contributed by atoms with van der Waals surface area (Å²) in [4.78, 5) is 6.85. The quantitative estimate of drug-likeness (QED) is 0.890. The number of hydrogen-bond acceptors (Lipinski definition) is 3. The normalized spacial score (nSPS) is 11.5. The Labute approximate surface area is 115 Å². The Kier molecular flexibility index (Phi) is 4.38. The van der Waals surface area contributed by atoms with E-state index in [1.165, 1.54) is 10.9 Å². The van der Waals surface area contributed by atoms with Gasteiger partial charge >= 0.3 is 0 Å². The maximum absolute atomic E-state index is 4.69. The van der Waals surface area contributed by atoms with E-state index in [1.54, 1.807) is 0 Å². The van der Waals surface area contributed by atoms with Crippen molar-refractivity contribution >= 4 is 16.7 Å². The van der Waals surface area contributed by atoms with Gasteiger partial charge in [0, 0.05) is 18.5 Å². The zero-order valence-electron chi connectivity index (χ0n) is 12.3. The smallest absolute Gasteiger partial charge is 0.126 e. The van der Waals surface area contributed by atoms with Crippen molar-refractivity contribution in [1.29, 1.82) is 0 Å². The van der Waals surface area contributed by atoms with Gasteiger partial charge in [-0.05, 0) is 37.7 Å². The number of nitrogens with zero attached hydrogens (tertiary/aromatic N) is 2. The monoisotopic (exact) mass is 257 g/mol. The van der Waals surface area contributed by atoms with Crippen molar-refractivity contribution < 1.29 is 0 Å². The molecule has 19 heavy (non-hydrogen) atoms. The molecule has 0 radical (unpaired) electrons. The largest absolute Gasteiger partial charge is 0.369 e. The molecule has 3 nitrogen and oxygen atoms in total. The molecular formula is C16H23N3. The summed E-state index contributed by atoms with van der Waals surface area (Å²) in [5.74, 6) is 1.48. The number of likely N-dealkylation sites (N-methyl/N-ethyl adjacent to an activating group) is 1. The first-order chi connectivity index (χ1) is 9.08. The Morgan fingerprint density at radius 1 is 1.21 bits per heavy atom. The highest BCUT2D eigenvalue weighted by atomic mass is 15.1. The summed E-state index contributed by atoms with van der Waals surface area (Å²) < 4.78 is 0. The fourth-order valence-electron chi connectivity index (χ4n) is 2.18. The number of hydrogen-bond donors (Lipinski definition) is 1. The number of rotatable bonds is 5. The van der Waals surface area contributed by atoms with Crippen molar-refractivity contribution in [3.8, 4) is 0 Å². The van der Waals surface area contributed by atoms with E-state index in [1.807, 2.05) is 6.07 Å². The van der Waals surface area contributed by atoms with Crippen molar-refractivity contribution in [2.75, 3.05) is 32.5 Å². The number of nitrogens with one attached hydrogen (secondary N) is 1. The van der Waals surface area contributed by atoms with Crippen LogP contribution in [0.25, 0.3) is 10.9 Å². The third-order valence-corrected chi connectivity index (χ3v) is 3.24. The molecule has 0 aliphatic heterocycles. The van der Waals surface area contributed by atoms with Crippen LogP contribution in [0.4, 0.5) is 5.82 Å². The standard InChI is InChI=1S/C16H23N3/c1-12(2)14-11-16(17-9-10-19(3)4)18-15-8-6-5-7-13(14)15/h5-8,11-12H,9-10H2,1-4H3,(H,17,18).